The van der Waals surface area contributed by atoms with Crippen molar-refractivity contribution in [2.24, 2.45) is 0 Å². The minimum Gasteiger partial charge on any atom is -0.388 e. The van der Waals surface area contributed by atoms with Crippen LogP contribution in [-0.2, 0) is 14.2 Å². The van der Waals surface area contributed by atoms with Gasteiger partial charge in [0.15, 0.2) is 23.2 Å². The Morgan fingerprint density at radius 3 is 2.77 bits per heavy atom. The SMILES string of the molecule is CC[C@H]1O[C@@H](n2cnc3c(NC(=O)c4ccccc4)ncnc32)C(OCCOC)[C@H]1O. The lowest BCUT2D eigenvalue weighted by atomic mass is 10.1. The molecular weight excluding hydrogens is 402 g/mol. The second kappa shape index (κ2) is 9.48. The van der Waals surface area contributed by atoms with E-state index >= 15 is 0 Å². The van der Waals surface area contributed by atoms with Gasteiger partial charge in [-0.1, -0.05) is 25.1 Å². The molecule has 2 N–H and O–H groups in total. The van der Waals surface area contributed by atoms with E-state index in [2.05, 4.69) is 20.3 Å². The monoisotopic (exact) mass is 427 g/mol. The van der Waals surface area contributed by atoms with Crippen LogP contribution in [0.3, 0.4) is 0 Å². The lowest BCUT2D eigenvalue weighted by Crippen LogP contribution is -2.34. The zero-order valence-electron chi connectivity index (χ0n) is 17.3. The van der Waals surface area contributed by atoms with Crippen LogP contribution in [0, 0.1) is 0 Å². The molecule has 0 spiro atoms. The summed E-state index contributed by atoms with van der Waals surface area (Å²) in [4.78, 5) is 25.5. The number of benzene rings is 1. The Morgan fingerprint density at radius 2 is 2.03 bits per heavy atom. The number of aliphatic hydroxyl groups excluding tert-OH is 1. The van der Waals surface area contributed by atoms with E-state index in [-0.39, 0.29) is 12.0 Å². The van der Waals surface area contributed by atoms with Crippen molar-refractivity contribution in [2.75, 3.05) is 25.6 Å². The molecule has 1 aromatic carbocycles. The molecule has 164 valence electrons. The molecule has 3 heterocycles. The predicted molar refractivity (Wildman–Crippen MR) is 112 cm³/mol. The number of amides is 1. The molecule has 0 aliphatic carbocycles. The molecule has 0 saturated carbocycles. The third-order valence-corrected chi connectivity index (χ3v) is 5.21. The molecule has 0 radical (unpaired) electrons. The van der Waals surface area contributed by atoms with Gasteiger partial charge in [-0.2, -0.15) is 0 Å². The third-order valence-electron chi connectivity index (χ3n) is 5.21. The molecule has 1 aliphatic rings. The molecule has 1 aliphatic heterocycles. The number of methoxy groups -OCH3 is 1. The van der Waals surface area contributed by atoms with Gasteiger partial charge in [-0.05, 0) is 18.6 Å². The van der Waals surface area contributed by atoms with E-state index in [0.29, 0.717) is 42.2 Å². The maximum absolute atomic E-state index is 12.5. The number of hydrogen-bond donors (Lipinski definition) is 2. The maximum Gasteiger partial charge on any atom is 0.256 e. The van der Waals surface area contributed by atoms with E-state index in [0.717, 1.165) is 0 Å². The van der Waals surface area contributed by atoms with E-state index in [9.17, 15) is 9.90 Å². The zero-order valence-corrected chi connectivity index (χ0v) is 17.3. The van der Waals surface area contributed by atoms with Gasteiger partial charge >= 0.3 is 0 Å². The summed E-state index contributed by atoms with van der Waals surface area (Å²) in [5.74, 6) is -0.00504. The van der Waals surface area contributed by atoms with Crippen molar-refractivity contribution in [2.45, 2.75) is 37.9 Å². The number of ether oxygens (including phenoxy) is 3. The minimum absolute atomic E-state index is 0.292. The lowest BCUT2D eigenvalue weighted by Gasteiger charge is -2.22. The fourth-order valence-electron chi connectivity index (χ4n) is 3.63. The first-order valence-electron chi connectivity index (χ1n) is 10.1. The summed E-state index contributed by atoms with van der Waals surface area (Å²) in [6.07, 6.45) is 1.10. The summed E-state index contributed by atoms with van der Waals surface area (Å²) in [5, 5.41) is 13.5. The first-order chi connectivity index (χ1) is 15.1. The van der Waals surface area contributed by atoms with Crippen molar-refractivity contribution >= 4 is 22.9 Å². The quantitative estimate of drug-likeness (QED) is 0.522. The molecule has 1 saturated heterocycles. The van der Waals surface area contributed by atoms with Gasteiger partial charge in [-0.15, -0.1) is 0 Å². The van der Waals surface area contributed by atoms with Crippen LogP contribution in [0.2, 0.25) is 0 Å². The normalized spacial score (nSPS) is 23.3. The van der Waals surface area contributed by atoms with E-state index in [1.165, 1.54) is 6.33 Å². The van der Waals surface area contributed by atoms with E-state index in [4.69, 9.17) is 14.2 Å². The molecule has 1 amide bonds. The predicted octanol–water partition coefficient (Wildman–Crippen LogP) is 1.78. The van der Waals surface area contributed by atoms with Crippen LogP contribution in [0.4, 0.5) is 5.82 Å². The van der Waals surface area contributed by atoms with Gasteiger partial charge in [0.1, 0.15) is 18.5 Å². The molecule has 1 fully saturated rings. The summed E-state index contributed by atoms with van der Waals surface area (Å²) < 4.78 is 18.7. The summed E-state index contributed by atoms with van der Waals surface area (Å²) in [7, 11) is 1.59. The van der Waals surface area contributed by atoms with Gasteiger partial charge in [0.25, 0.3) is 5.91 Å². The van der Waals surface area contributed by atoms with Crippen molar-refractivity contribution in [1.29, 1.82) is 0 Å². The van der Waals surface area contributed by atoms with E-state index in [1.54, 1.807) is 42.3 Å². The van der Waals surface area contributed by atoms with Crippen LogP contribution < -0.4 is 5.32 Å². The number of aromatic nitrogens is 4. The molecule has 31 heavy (non-hydrogen) atoms. The summed E-state index contributed by atoms with van der Waals surface area (Å²) in [5.41, 5.74) is 1.39. The number of carbonyl (C=O) groups is 1. The first kappa shape index (κ1) is 21.3. The number of aliphatic hydroxyl groups is 1. The van der Waals surface area contributed by atoms with Crippen LogP contribution in [0.1, 0.15) is 29.9 Å². The van der Waals surface area contributed by atoms with Crippen molar-refractivity contribution in [3.63, 3.8) is 0 Å². The Balaban J connectivity index is 1.62. The average Bonchev–Trinajstić information content (AvgIpc) is 3.36. The number of carbonyl (C=O) groups excluding carboxylic acids is 1. The second-order valence-corrected chi connectivity index (χ2v) is 7.16. The highest BCUT2D eigenvalue weighted by Crippen LogP contribution is 2.35. The fraction of sp³-hybridized carbons (Fsp3) is 0.429. The number of nitrogens with one attached hydrogen (secondary N) is 1. The molecule has 1 unspecified atom stereocenters. The van der Waals surface area contributed by atoms with Gasteiger partial charge < -0.3 is 24.6 Å². The summed E-state index contributed by atoms with van der Waals surface area (Å²) >= 11 is 0. The largest absolute Gasteiger partial charge is 0.388 e. The van der Waals surface area contributed by atoms with E-state index < -0.39 is 18.4 Å². The molecule has 2 aromatic heterocycles. The van der Waals surface area contributed by atoms with Gasteiger partial charge in [-0.25, -0.2) is 15.0 Å². The van der Waals surface area contributed by atoms with Crippen LogP contribution >= 0.6 is 0 Å². The zero-order chi connectivity index (χ0) is 21.8. The van der Waals surface area contributed by atoms with Gasteiger partial charge in [0, 0.05) is 12.7 Å². The topological polar surface area (TPSA) is 121 Å². The van der Waals surface area contributed by atoms with Gasteiger partial charge in [-0.3, -0.25) is 9.36 Å². The standard InChI is InChI=1S/C21H25N5O5/c1-3-14-16(27)17(30-10-9-29-2)21(31-14)26-12-24-15-18(22-11-23-19(15)26)25-20(28)13-7-5-4-6-8-13/h4-8,11-12,14,16-17,21,27H,3,9-10H2,1-2H3,(H,22,23,25,28)/t14-,16+,17?,21-/m1/s1. The van der Waals surface area contributed by atoms with Crippen LogP contribution in [0.15, 0.2) is 43.0 Å². The molecule has 3 aromatic rings. The number of fused-ring (bicyclic) bond motifs is 1. The Bertz CT molecular complexity index is 1030. The molecular formula is C21H25N5O5. The highest BCUT2D eigenvalue weighted by Gasteiger charge is 2.45. The number of nitrogens with zero attached hydrogens (tertiary/aromatic N) is 4. The molecule has 4 rings (SSSR count). The lowest BCUT2D eigenvalue weighted by molar-refractivity contribution is -0.0765. The Labute approximate surface area is 179 Å². The van der Waals surface area contributed by atoms with Crippen molar-refractivity contribution in [1.82, 2.24) is 19.5 Å². The number of rotatable bonds is 8. The number of anilines is 1. The van der Waals surface area contributed by atoms with Crippen LogP contribution in [0.25, 0.3) is 11.2 Å². The molecule has 0 bridgehead atoms. The molecule has 10 heteroatoms. The minimum atomic E-state index is -0.802. The highest BCUT2D eigenvalue weighted by molar-refractivity contribution is 6.06. The Hall–Kier alpha value is -2.92. The summed E-state index contributed by atoms with van der Waals surface area (Å²) in [6, 6.07) is 8.84. The molecule has 4 atom stereocenters. The first-order valence-corrected chi connectivity index (χ1v) is 10.1. The second-order valence-electron chi connectivity index (χ2n) is 7.16. The third kappa shape index (κ3) is 4.28. The molecule has 10 nitrogen and oxygen atoms in total. The average molecular weight is 427 g/mol. The van der Waals surface area contributed by atoms with Gasteiger partial charge in [0.05, 0.1) is 25.6 Å². The van der Waals surface area contributed by atoms with E-state index in [1.807, 2.05) is 13.0 Å². The Morgan fingerprint density at radius 1 is 1.23 bits per heavy atom. The van der Waals surface area contributed by atoms with Gasteiger partial charge in [0.2, 0.25) is 0 Å². The van der Waals surface area contributed by atoms with Crippen molar-refractivity contribution in [3.8, 4) is 0 Å². The smallest absolute Gasteiger partial charge is 0.256 e. The number of hydrogen-bond acceptors (Lipinski definition) is 8. The summed E-state index contributed by atoms with van der Waals surface area (Å²) in [6.45, 7) is 2.65. The Kier molecular flexibility index (Phi) is 6.52. The van der Waals surface area contributed by atoms with Crippen LogP contribution in [0.5, 0.6) is 0 Å². The van der Waals surface area contributed by atoms with Crippen LogP contribution in [-0.4, -0.2) is 69.2 Å². The van der Waals surface area contributed by atoms with Crippen molar-refractivity contribution in [3.05, 3.63) is 48.5 Å². The maximum atomic E-state index is 12.5. The fourth-order valence-corrected chi connectivity index (χ4v) is 3.63. The van der Waals surface area contributed by atoms with Crippen molar-refractivity contribution < 1.29 is 24.1 Å². The highest BCUT2D eigenvalue weighted by atomic mass is 16.6. The number of imidazole rings is 1.